The van der Waals surface area contributed by atoms with Gasteiger partial charge in [0.05, 0.1) is 0 Å². The minimum atomic E-state index is 0.447. The maximum absolute atomic E-state index is 4.54. The van der Waals surface area contributed by atoms with Gasteiger partial charge in [-0.05, 0) is 48.3 Å². The molecule has 0 bridgehead atoms. The lowest BCUT2D eigenvalue weighted by molar-refractivity contribution is 0.551. The lowest BCUT2D eigenvalue weighted by atomic mass is 10.2. The lowest BCUT2D eigenvalue weighted by Gasteiger charge is -2.25. The Morgan fingerprint density at radius 3 is 2.56 bits per heavy atom. The zero-order valence-electron chi connectivity index (χ0n) is 12.0. The molecule has 4 heteroatoms. The van der Waals surface area contributed by atoms with Crippen LogP contribution in [0.1, 0.15) is 33.3 Å². The lowest BCUT2D eigenvalue weighted by Crippen LogP contribution is -2.29. The summed E-state index contributed by atoms with van der Waals surface area (Å²) in [5, 5.41) is 3.48. The van der Waals surface area contributed by atoms with Crippen molar-refractivity contribution < 1.29 is 0 Å². The molecule has 0 atom stereocenters. The van der Waals surface area contributed by atoms with Crippen molar-refractivity contribution >= 4 is 21.7 Å². The average Bonchev–Trinajstić information content (AvgIpc) is 2.27. The summed E-state index contributed by atoms with van der Waals surface area (Å²) in [6.45, 7) is 10.7. The number of hydrogen-bond donors (Lipinski definition) is 1. The summed E-state index contributed by atoms with van der Waals surface area (Å²) in [7, 11) is 2.09. The maximum atomic E-state index is 4.54. The van der Waals surface area contributed by atoms with Gasteiger partial charge < -0.3 is 10.2 Å². The SMILES string of the molecule is CC(C)CNCc1cc(Br)cnc1N(C)C(C)C. The van der Waals surface area contributed by atoms with Gasteiger partial charge in [-0.15, -0.1) is 0 Å². The fraction of sp³-hybridized carbons (Fsp3) is 0.643. The zero-order valence-corrected chi connectivity index (χ0v) is 13.6. The molecule has 0 saturated heterocycles. The Morgan fingerprint density at radius 2 is 2.00 bits per heavy atom. The van der Waals surface area contributed by atoms with Gasteiger partial charge in [0.2, 0.25) is 0 Å². The van der Waals surface area contributed by atoms with Gasteiger partial charge in [0, 0.05) is 35.9 Å². The standard InChI is InChI=1S/C14H24BrN3/c1-10(2)7-16-8-12-6-13(15)9-17-14(12)18(5)11(3)4/h6,9-11,16H,7-8H2,1-5H3. The van der Waals surface area contributed by atoms with Gasteiger partial charge in [0.25, 0.3) is 0 Å². The molecular weight excluding hydrogens is 290 g/mol. The van der Waals surface area contributed by atoms with Crippen LogP contribution in [-0.4, -0.2) is 24.6 Å². The van der Waals surface area contributed by atoms with Crippen LogP contribution < -0.4 is 10.2 Å². The van der Waals surface area contributed by atoms with Crippen LogP contribution in [0.25, 0.3) is 0 Å². The van der Waals surface area contributed by atoms with Crippen molar-refractivity contribution in [2.45, 2.75) is 40.3 Å². The Bertz CT molecular complexity index is 377. The van der Waals surface area contributed by atoms with Crippen LogP contribution >= 0.6 is 15.9 Å². The highest BCUT2D eigenvalue weighted by Gasteiger charge is 2.12. The van der Waals surface area contributed by atoms with Gasteiger partial charge in [-0.2, -0.15) is 0 Å². The molecule has 0 amide bonds. The first-order chi connectivity index (χ1) is 8.41. The van der Waals surface area contributed by atoms with Gasteiger partial charge >= 0.3 is 0 Å². The molecular formula is C14H24BrN3. The number of aromatic nitrogens is 1. The molecule has 18 heavy (non-hydrogen) atoms. The molecule has 0 radical (unpaired) electrons. The van der Waals surface area contributed by atoms with Crippen LogP contribution in [0.4, 0.5) is 5.82 Å². The van der Waals surface area contributed by atoms with E-state index in [2.05, 4.69) is 71.9 Å². The normalized spacial score (nSPS) is 11.3. The van der Waals surface area contributed by atoms with E-state index in [9.17, 15) is 0 Å². The van der Waals surface area contributed by atoms with E-state index in [1.165, 1.54) is 5.56 Å². The molecule has 102 valence electrons. The number of halogens is 1. The van der Waals surface area contributed by atoms with Crippen molar-refractivity contribution in [1.29, 1.82) is 0 Å². The Balaban J connectivity index is 2.83. The Morgan fingerprint density at radius 1 is 1.33 bits per heavy atom. The summed E-state index contributed by atoms with van der Waals surface area (Å²) in [5.41, 5.74) is 1.24. The second-order valence-corrected chi connectivity index (χ2v) is 6.28. The fourth-order valence-corrected chi connectivity index (χ4v) is 2.04. The average molecular weight is 314 g/mol. The second-order valence-electron chi connectivity index (χ2n) is 5.37. The summed E-state index contributed by atoms with van der Waals surface area (Å²) in [5.74, 6) is 1.72. The van der Waals surface area contributed by atoms with Gasteiger partial charge in [-0.3, -0.25) is 0 Å². The summed E-state index contributed by atoms with van der Waals surface area (Å²) in [6.07, 6.45) is 1.86. The van der Waals surface area contributed by atoms with Gasteiger partial charge in [0.15, 0.2) is 0 Å². The van der Waals surface area contributed by atoms with Gasteiger partial charge in [-0.25, -0.2) is 4.98 Å². The van der Waals surface area contributed by atoms with Crippen molar-refractivity contribution in [2.75, 3.05) is 18.5 Å². The quantitative estimate of drug-likeness (QED) is 0.872. The van der Waals surface area contributed by atoms with Crippen LogP contribution in [0, 0.1) is 5.92 Å². The molecule has 1 heterocycles. The van der Waals surface area contributed by atoms with Crippen molar-refractivity contribution in [3.63, 3.8) is 0 Å². The molecule has 0 fully saturated rings. The van der Waals surface area contributed by atoms with Crippen LogP contribution in [0.15, 0.2) is 16.7 Å². The minimum absolute atomic E-state index is 0.447. The number of hydrogen-bond acceptors (Lipinski definition) is 3. The largest absolute Gasteiger partial charge is 0.357 e. The summed E-state index contributed by atoms with van der Waals surface area (Å²) in [6, 6.07) is 2.59. The Hall–Kier alpha value is -0.610. The molecule has 0 aromatic carbocycles. The fourth-order valence-electron chi connectivity index (χ4n) is 1.66. The Kier molecular flexibility index (Phi) is 6.09. The zero-order chi connectivity index (χ0) is 13.7. The van der Waals surface area contributed by atoms with Crippen LogP contribution in [-0.2, 0) is 6.54 Å². The molecule has 0 aliphatic rings. The third kappa shape index (κ3) is 4.58. The molecule has 1 aromatic rings. The molecule has 1 rings (SSSR count). The van der Waals surface area contributed by atoms with E-state index in [-0.39, 0.29) is 0 Å². The molecule has 0 saturated carbocycles. The van der Waals surface area contributed by atoms with Crippen molar-refractivity contribution in [3.05, 3.63) is 22.3 Å². The van der Waals surface area contributed by atoms with E-state index in [1.807, 2.05) is 6.20 Å². The van der Waals surface area contributed by atoms with Crippen molar-refractivity contribution in [2.24, 2.45) is 5.92 Å². The number of nitrogens with one attached hydrogen (secondary N) is 1. The molecule has 3 nitrogen and oxygen atoms in total. The number of anilines is 1. The molecule has 1 aromatic heterocycles. The van der Waals surface area contributed by atoms with Crippen molar-refractivity contribution in [3.8, 4) is 0 Å². The van der Waals surface area contributed by atoms with E-state index in [1.54, 1.807) is 0 Å². The van der Waals surface area contributed by atoms with E-state index in [0.29, 0.717) is 12.0 Å². The first-order valence-electron chi connectivity index (χ1n) is 6.49. The highest BCUT2D eigenvalue weighted by Crippen LogP contribution is 2.22. The van der Waals surface area contributed by atoms with E-state index >= 15 is 0 Å². The molecule has 1 N–H and O–H groups in total. The predicted octanol–water partition coefficient (Wildman–Crippen LogP) is 3.43. The summed E-state index contributed by atoms with van der Waals surface area (Å²) >= 11 is 3.49. The second kappa shape index (κ2) is 7.10. The van der Waals surface area contributed by atoms with Crippen LogP contribution in [0.5, 0.6) is 0 Å². The minimum Gasteiger partial charge on any atom is -0.357 e. The monoisotopic (exact) mass is 313 g/mol. The van der Waals surface area contributed by atoms with E-state index < -0.39 is 0 Å². The molecule has 0 unspecified atom stereocenters. The van der Waals surface area contributed by atoms with Gasteiger partial charge in [-0.1, -0.05) is 13.8 Å². The van der Waals surface area contributed by atoms with Crippen LogP contribution in [0.2, 0.25) is 0 Å². The van der Waals surface area contributed by atoms with E-state index in [0.717, 1.165) is 23.4 Å². The summed E-state index contributed by atoms with van der Waals surface area (Å²) < 4.78 is 1.03. The van der Waals surface area contributed by atoms with E-state index in [4.69, 9.17) is 0 Å². The number of pyridine rings is 1. The van der Waals surface area contributed by atoms with Gasteiger partial charge in [0.1, 0.15) is 5.82 Å². The molecule has 0 aliphatic heterocycles. The highest BCUT2D eigenvalue weighted by molar-refractivity contribution is 9.10. The summed E-state index contributed by atoms with van der Waals surface area (Å²) in [4.78, 5) is 6.74. The topological polar surface area (TPSA) is 28.2 Å². The highest BCUT2D eigenvalue weighted by atomic mass is 79.9. The Labute approximate surface area is 119 Å². The third-order valence-electron chi connectivity index (χ3n) is 2.89. The number of rotatable bonds is 6. The molecule has 0 aliphatic carbocycles. The predicted molar refractivity (Wildman–Crippen MR) is 82.0 cm³/mol. The van der Waals surface area contributed by atoms with Crippen molar-refractivity contribution in [1.82, 2.24) is 10.3 Å². The first kappa shape index (κ1) is 15.4. The smallest absolute Gasteiger partial charge is 0.133 e. The number of nitrogens with zero attached hydrogens (tertiary/aromatic N) is 2. The third-order valence-corrected chi connectivity index (χ3v) is 3.32. The van der Waals surface area contributed by atoms with Crippen LogP contribution in [0.3, 0.4) is 0 Å². The maximum Gasteiger partial charge on any atom is 0.133 e. The molecule has 0 spiro atoms. The first-order valence-corrected chi connectivity index (χ1v) is 7.29.